The third-order valence-electron chi connectivity index (χ3n) is 1.73. The minimum absolute atomic E-state index is 0.134. The van der Waals surface area contributed by atoms with Crippen LogP contribution in [-0.4, -0.2) is 35.8 Å². The number of amides is 2. The van der Waals surface area contributed by atoms with E-state index in [-0.39, 0.29) is 30.9 Å². The molecule has 1 aliphatic heterocycles. The molecule has 0 spiro atoms. The molecule has 1 unspecified atom stereocenters. The van der Waals surface area contributed by atoms with E-state index in [0.29, 0.717) is 0 Å². The summed E-state index contributed by atoms with van der Waals surface area (Å²) in [7, 11) is 0. The van der Waals surface area contributed by atoms with Crippen molar-refractivity contribution in [1.29, 1.82) is 5.26 Å². The van der Waals surface area contributed by atoms with Crippen LogP contribution in [0.3, 0.4) is 0 Å². The van der Waals surface area contributed by atoms with Gasteiger partial charge in [-0.3, -0.25) is 19.8 Å². The number of rotatable bonds is 1. The van der Waals surface area contributed by atoms with Gasteiger partial charge in [0, 0.05) is 0 Å². The van der Waals surface area contributed by atoms with Gasteiger partial charge >= 0.3 is 0 Å². The van der Waals surface area contributed by atoms with Gasteiger partial charge in [0.1, 0.15) is 6.54 Å². The Balaban J connectivity index is 2.73. The van der Waals surface area contributed by atoms with Crippen LogP contribution in [-0.2, 0) is 9.59 Å². The van der Waals surface area contributed by atoms with Gasteiger partial charge in [0.25, 0.3) is 0 Å². The lowest BCUT2D eigenvalue weighted by Gasteiger charge is -2.27. The Hall–Kier alpha value is -1.41. The van der Waals surface area contributed by atoms with Gasteiger partial charge < -0.3 is 0 Å². The Morgan fingerprint density at radius 1 is 1.75 bits per heavy atom. The maximum absolute atomic E-state index is 11.2. The number of piperazine rings is 1. The third kappa shape index (κ3) is 1.43. The van der Waals surface area contributed by atoms with Crippen molar-refractivity contribution in [3.8, 4) is 6.07 Å². The van der Waals surface area contributed by atoms with Gasteiger partial charge in [-0.2, -0.15) is 5.26 Å². The molecule has 0 aromatic heterocycles. The van der Waals surface area contributed by atoms with Crippen LogP contribution in [0.25, 0.3) is 0 Å². The second-order valence-electron chi connectivity index (χ2n) is 2.58. The number of hydrogen-bond donors (Lipinski definition) is 1. The summed E-state index contributed by atoms with van der Waals surface area (Å²) in [4.78, 5) is 23.2. The molecule has 0 saturated carbocycles. The molecule has 0 radical (unpaired) electrons. The molecule has 0 aliphatic carbocycles. The van der Waals surface area contributed by atoms with Gasteiger partial charge in [0.2, 0.25) is 11.8 Å². The van der Waals surface area contributed by atoms with E-state index in [1.807, 2.05) is 0 Å². The number of nitriles is 1. The van der Waals surface area contributed by atoms with Crippen molar-refractivity contribution in [2.24, 2.45) is 0 Å². The zero-order valence-electron chi connectivity index (χ0n) is 6.70. The predicted molar refractivity (Wildman–Crippen MR) is 39.8 cm³/mol. The molecule has 0 bridgehead atoms. The number of nitrogens with one attached hydrogen (secondary N) is 1. The van der Waals surface area contributed by atoms with Crippen molar-refractivity contribution in [3.05, 3.63) is 0 Å². The maximum atomic E-state index is 11.2. The molecule has 1 N–H and O–H groups in total. The average molecular weight is 167 g/mol. The summed E-state index contributed by atoms with van der Waals surface area (Å²) in [5.41, 5.74) is 0. The van der Waals surface area contributed by atoms with Crippen molar-refractivity contribution in [2.75, 3.05) is 13.1 Å². The standard InChI is InChI=1S/C7H9N3O2/c1-5-7(12)10(3-2-8)6(11)4-9-5/h5,9H,3-4H2,1H3. The smallest absolute Gasteiger partial charge is 0.246 e. The molecular formula is C7H9N3O2. The summed E-state index contributed by atoms with van der Waals surface area (Å²) in [6.45, 7) is 1.65. The topological polar surface area (TPSA) is 73.2 Å². The van der Waals surface area contributed by atoms with E-state index in [2.05, 4.69) is 5.32 Å². The quantitative estimate of drug-likeness (QED) is 0.395. The van der Waals surface area contributed by atoms with Crippen molar-refractivity contribution in [1.82, 2.24) is 10.2 Å². The highest BCUT2D eigenvalue weighted by Gasteiger charge is 2.30. The zero-order chi connectivity index (χ0) is 9.14. The third-order valence-corrected chi connectivity index (χ3v) is 1.73. The largest absolute Gasteiger partial charge is 0.298 e. The summed E-state index contributed by atoms with van der Waals surface area (Å²) in [5, 5.41) is 11.0. The molecule has 0 aromatic carbocycles. The minimum atomic E-state index is -0.365. The molecule has 0 aromatic rings. The highest BCUT2D eigenvalue weighted by molar-refractivity contribution is 6.01. The molecule has 1 aliphatic rings. The fourth-order valence-corrected chi connectivity index (χ4v) is 1.02. The first-order chi connectivity index (χ1) is 5.66. The minimum Gasteiger partial charge on any atom is -0.298 e. The van der Waals surface area contributed by atoms with E-state index in [0.717, 1.165) is 4.90 Å². The fraction of sp³-hybridized carbons (Fsp3) is 0.571. The van der Waals surface area contributed by atoms with E-state index >= 15 is 0 Å². The van der Waals surface area contributed by atoms with Gasteiger partial charge in [-0.25, -0.2) is 0 Å². The normalized spacial score (nSPS) is 24.0. The summed E-state index contributed by atoms with van der Waals surface area (Å²) in [6.07, 6.45) is 0. The van der Waals surface area contributed by atoms with Crippen LogP contribution < -0.4 is 5.32 Å². The predicted octanol–water partition coefficient (Wildman–Crippen LogP) is -1.14. The first-order valence-corrected chi connectivity index (χ1v) is 3.61. The number of nitrogens with zero attached hydrogens (tertiary/aromatic N) is 2. The van der Waals surface area contributed by atoms with Gasteiger partial charge in [-0.1, -0.05) is 0 Å². The van der Waals surface area contributed by atoms with Crippen LogP contribution in [0.5, 0.6) is 0 Å². The van der Waals surface area contributed by atoms with Crippen molar-refractivity contribution >= 4 is 11.8 Å². The Labute approximate surface area is 69.9 Å². The Morgan fingerprint density at radius 3 is 3.00 bits per heavy atom. The Bertz CT molecular complexity index is 256. The van der Waals surface area contributed by atoms with Gasteiger partial charge in [0.05, 0.1) is 18.7 Å². The maximum Gasteiger partial charge on any atom is 0.246 e. The van der Waals surface area contributed by atoms with Gasteiger partial charge in [-0.05, 0) is 6.92 Å². The van der Waals surface area contributed by atoms with Crippen molar-refractivity contribution in [2.45, 2.75) is 13.0 Å². The second-order valence-corrected chi connectivity index (χ2v) is 2.58. The van der Waals surface area contributed by atoms with E-state index < -0.39 is 0 Å². The first-order valence-electron chi connectivity index (χ1n) is 3.61. The summed E-state index contributed by atoms with van der Waals surface area (Å²) >= 11 is 0. The Morgan fingerprint density at radius 2 is 2.42 bits per heavy atom. The van der Waals surface area contributed by atoms with Crippen molar-refractivity contribution < 1.29 is 9.59 Å². The second kappa shape index (κ2) is 3.32. The van der Waals surface area contributed by atoms with Crippen LogP contribution in [0.15, 0.2) is 0 Å². The molecule has 12 heavy (non-hydrogen) atoms. The van der Waals surface area contributed by atoms with Crippen LogP contribution >= 0.6 is 0 Å². The number of carbonyl (C=O) groups excluding carboxylic acids is 2. The molecule has 1 saturated heterocycles. The van der Waals surface area contributed by atoms with E-state index in [1.54, 1.807) is 13.0 Å². The van der Waals surface area contributed by atoms with Crippen LogP contribution in [0.4, 0.5) is 0 Å². The number of hydrogen-bond acceptors (Lipinski definition) is 4. The lowest BCUT2D eigenvalue weighted by molar-refractivity contribution is -0.148. The highest BCUT2D eigenvalue weighted by Crippen LogP contribution is 2.00. The fourth-order valence-electron chi connectivity index (χ4n) is 1.02. The molecule has 5 nitrogen and oxygen atoms in total. The lowest BCUT2D eigenvalue weighted by atomic mass is 10.2. The average Bonchev–Trinajstić information content (AvgIpc) is 2.06. The number of carbonyl (C=O) groups is 2. The molecule has 1 fully saturated rings. The SMILES string of the molecule is CC1NCC(=O)N(CC#N)C1=O. The number of imide groups is 1. The summed E-state index contributed by atoms with van der Waals surface area (Å²) in [5.74, 6) is -0.660. The van der Waals surface area contributed by atoms with Crippen LogP contribution in [0.2, 0.25) is 0 Å². The molecule has 64 valence electrons. The van der Waals surface area contributed by atoms with E-state index in [4.69, 9.17) is 5.26 Å². The molecule has 1 atom stereocenters. The summed E-state index contributed by atoms with van der Waals surface area (Å²) < 4.78 is 0. The lowest BCUT2D eigenvalue weighted by Crippen LogP contribution is -2.56. The van der Waals surface area contributed by atoms with Crippen LogP contribution in [0.1, 0.15) is 6.92 Å². The van der Waals surface area contributed by atoms with Gasteiger partial charge in [-0.15, -0.1) is 0 Å². The summed E-state index contributed by atoms with van der Waals surface area (Å²) in [6, 6.07) is 1.41. The van der Waals surface area contributed by atoms with Crippen LogP contribution in [0, 0.1) is 11.3 Å². The van der Waals surface area contributed by atoms with E-state index in [9.17, 15) is 9.59 Å². The first kappa shape index (κ1) is 8.68. The Kier molecular flexibility index (Phi) is 2.41. The molecule has 1 rings (SSSR count). The van der Waals surface area contributed by atoms with E-state index in [1.165, 1.54) is 0 Å². The molecule has 1 heterocycles. The highest BCUT2D eigenvalue weighted by atomic mass is 16.2. The van der Waals surface area contributed by atoms with Crippen molar-refractivity contribution in [3.63, 3.8) is 0 Å². The molecular weight excluding hydrogens is 158 g/mol. The monoisotopic (exact) mass is 167 g/mol. The molecule has 2 amide bonds. The zero-order valence-corrected chi connectivity index (χ0v) is 6.70. The van der Waals surface area contributed by atoms with Gasteiger partial charge in [0.15, 0.2) is 0 Å². The molecule has 5 heteroatoms.